The van der Waals surface area contributed by atoms with E-state index in [1.807, 2.05) is 30.3 Å². The highest BCUT2D eigenvalue weighted by molar-refractivity contribution is 9.09. The first-order valence-electron chi connectivity index (χ1n) is 6.58. The third-order valence-electron chi connectivity index (χ3n) is 3.19. The molecule has 2 aromatic rings. The number of nitrogens with zero attached hydrogens (tertiary/aromatic N) is 2. The number of rotatable bonds is 6. The first-order chi connectivity index (χ1) is 9.96. The predicted octanol–water partition coefficient (Wildman–Crippen LogP) is 2.61. The van der Waals surface area contributed by atoms with Crippen LogP contribution in [0, 0.1) is 13.8 Å². The highest BCUT2D eigenvalue weighted by atomic mass is 79.9. The minimum Gasteiger partial charge on any atom is -0.281 e. The van der Waals surface area contributed by atoms with E-state index in [0.29, 0.717) is 29.8 Å². The number of halogens is 1. The van der Waals surface area contributed by atoms with Crippen molar-refractivity contribution in [2.24, 2.45) is 0 Å². The van der Waals surface area contributed by atoms with Crippen LogP contribution < -0.4 is 0 Å². The molecule has 1 aromatic carbocycles. The van der Waals surface area contributed by atoms with E-state index in [2.05, 4.69) is 26.1 Å². The summed E-state index contributed by atoms with van der Waals surface area (Å²) in [5.41, 5.74) is 2.03. The summed E-state index contributed by atoms with van der Waals surface area (Å²) < 4.78 is 27.2. The quantitative estimate of drug-likeness (QED) is 0.793. The molecule has 7 heteroatoms. The lowest BCUT2D eigenvalue weighted by molar-refractivity contribution is 0.426. The van der Waals surface area contributed by atoms with Crippen molar-refractivity contribution < 1.29 is 8.42 Å². The van der Waals surface area contributed by atoms with Crippen LogP contribution in [-0.4, -0.2) is 34.8 Å². The molecular weight excluding hydrogens is 354 g/mol. The minimum atomic E-state index is -3.57. The second-order valence-electron chi connectivity index (χ2n) is 4.78. The molecule has 0 amide bonds. The first kappa shape index (κ1) is 16.2. The van der Waals surface area contributed by atoms with Crippen molar-refractivity contribution in [2.75, 3.05) is 11.9 Å². The molecule has 0 saturated heterocycles. The van der Waals surface area contributed by atoms with Gasteiger partial charge in [0.2, 0.25) is 10.0 Å². The Bertz CT molecular complexity index is 679. The van der Waals surface area contributed by atoms with Crippen LogP contribution in [0.2, 0.25) is 0 Å². The number of H-pyrrole nitrogens is 1. The Morgan fingerprint density at radius 3 is 2.43 bits per heavy atom. The van der Waals surface area contributed by atoms with E-state index in [9.17, 15) is 8.42 Å². The topological polar surface area (TPSA) is 66.1 Å². The smallest absolute Gasteiger partial charge is 0.247 e. The molecule has 1 N–H and O–H groups in total. The van der Waals surface area contributed by atoms with Crippen molar-refractivity contribution in [1.82, 2.24) is 14.5 Å². The summed E-state index contributed by atoms with van der Waals surface area (Å²) in [4.78, 5) is 0.277. The molecule has 0 fully saturated rings. The van der Waals surface area contributed by atoms with Gasteiger partial charge < -0.3 is 0 Å². The predicted molar refractivity (Wildman–Crippen MR) is 85.9 cm³/mol. The molecule has 2 rings (SSSR count). The van der Waals surface area contributed by atoms with Crippen LogP contribution in [0.5, 0.6) is 0 Å². The summed E-state index contributed by atoms with van der Waals surface area (Å²) in [5, 5.41) is 7.30. The van der Waals surface area contributed by atoms with Gasteiger partial charge >= 0.3 is 0 Å². The lowest BCUT2D eigenvalue weighted by atomic mass is 10.2. The zero-order valence-electron chi connectivity index (χ0n) is 12.0. The average Bonchev–Trinajstić information content (AvgIpc) is 2.79. The van der Waals surface area contributed by atoms with Gasteiger partial charge in [0, 0.05) is 18.4 Å². The fourth-order valence-electron chi connectivity index (χ4n) is 2.22. The lowest BCUT2D eigenvalue weighted by Gasteiger charge is -2.21. The molecule has 0 bridgehead atoms. The Kier molecular flexibility index (Phi) is 5.18. The van der Waals surface area contributed by atoms with Gasteiger partial charge in [-0.2, -0.15) is 9.40 Å². The van der Waals surface area contributed by atoms with Gasteiger partial charge in [0.1, 0.15) is 4.90 Å². The molecule has 1 aromatic heterocycles. The Morgan fingerprint density at radius 1 is 1.24 bits per heavy atom. The third-order valence-corrected chi connectivity index (χ3v) is 5.66. The van der Waals surface area contributed by atoms with Crippen LogP contribution >= 0.6 is 15.9 Å². The zero-order chi connectivity index (χ0) is 15.5. The van der Waals surface area contributed by atoms with Gasteiger partial charge in [0.05, 0.1) is 11.4 Å². The molecule has 0 atom stereocenters. The number of sulfonamides is 1. The standard InChI is InChI=1S/C14H18BrN3O2S/c1-11-14(12(2)17-16-11)21(19,20)18(9-8-15)10-13-6-4-3-5-7-13/h3-7H,8-10H2,1-2H3,(H,16,17). The maximum atomic E-state index is 12.9. The molecule has 0 aliphatic carbocycles. The molecule has 0 unspecified atom stereocenters. The Morgan fingerprint density at radius 2 is 1.90 bits per heavy atom. The first-order valence-corrected chi connectivity index (χ1v) is 9.14. The number of aromatic amines is 1. The van der Waals surface area contributed by atoms with Crippen LogP contribution in [0.15, 0.2) is 35.2 Å². The molecule has 114 valence electrons. The summed E-state index contributed by atoms with van der Waals surface area (Å²) in [7, 11) is -3.57. The van der Waals surface area contributed by atoms with Gasteiger partial charge in [-0.15, -0.1) is 0 Å². The Hall–Kier alpha value is -1.18. The van der Waals surface area contributed by atoms with Crippen molar-refractivity contribution in [3.05, 3.63) is 47.3 Å². The van der Waals surface area contributed by atoms with Crippen LogP contribution in [-0.2, 0) is 16.6 Å². The molecule has 5 nitrogen and oxygen atoms in total. The van der Waals surface area contributed by atoms with Crippen molar-refractivity contribution in [3.63, 3.8) is 0 Å². The molecule has 0 radical (unpaired) electrons. The van der Waals surface area contributed by atoms with Gasteiger partial charge in [-0.05, 0) is 19.4 Å². The molecule has 0 aliphatic rings. The fraction of sp³-hybridized carbons (Fsp3) is 0.357. The number of nitrogens with one attached hydrogen (secondary N) is 1. The molecule has 0 spiro atoms. The average molecular weight is 372 g/mol. The van der Waals surface area contributed by atoms with Crippen LogP contribution in [0.4, 0.5) is 0 Å². The van der Waals surface area contributed by atoms with Gasteiger partial charge in [0.25, 0.3) is 0 Å². The van der Waals surface area contributed by atoms with E-state index in [-0.39, 0.29) is 4.90 Å². The number of alkyl halides is 1. The second kappa shape index (κ2) is 6.72. The molecule has 0 aliphatic heterocycles. The van der Waals surface area contributed by atoms with Crippen molar-refractivity contribution in [2.45, 2.75) is 25.3 Å². The van der Waals surface area contributed by atoms with Crippen LogP contribution in [0.1, 0.15) is 17.0 Å². The van der Waals surface area contributed by atoms with Gasteiger partial charge in [-0.1, -0.05) is 46.3 Å². The largest absolute Gasteiger partial charge is 0.281 e. The number of benzene rings is 1. The lowest BCUT2D eigenvalue weighted by Crippen LogP contribution is -2.33. The van der Waals surface area contributed by atoms with E-state index < -0.39 is 10.0 Å². The minimum absolute atomic E-state index is 0.277. The number of hydrogen-bond donors (Lipinski definition) is 1. The van der Waals surface area contributed by atoms with E-state index >= 15 is 0 Å². The van der Waals surface area contributed by atoms with Gasteiger partial charge in [-0.25, -0.2) is 8.42 Å². The third kappa shape index (κ3) is 3.53. The summed E-state index contributed by atoms with van der Waals surface area (Å²) in [6, 6.07) is 9.57. The van der Waals surface area contributed by atoms with Crippen LogP contribution in [0.25, 0.3) is 0 Å². The fourth-order valence-corrected chi connectivity index (χ4v) is 4.64. The van der Waals surface area contributed by atoms with E-state index in [4.69, 9.17) is 0 Å². The van der Waals surface area contributed by atoms with Crippen molar-refractivity contribution in [3.8, 4) is 0 Å². The highest BCUT2D eigenvalue weighted by Gasteiger charge is 2.29. The van der Waals surface area contributed by atoms with Crippen molar-refractivity contribution in [1.29, 1.82) is 0 Å². The van der Waals surface area contributed by atoms with E-state index in [1.165, 1.54) is 4.31 Å². The normalized spacial score (nSPS) is 12.0. The van der Waals surface area contributed by atoms with Crippen LogP contribution in [0.3, 0.4) is 0 Å². The van der Waals surface area contributed by atoms with Gasteiger partial charge in [-0.3, -0.25) is 5.10 Å². The summed E-state index contributed by atoms with van der Waals surface area (Å²) >= 11 is 3.33. The number of hydrogen-bond acceptors (Lipinski definition) is 3. The number of aromatic nitrogens is 2. The van der Waals surface area contributed by atoms with Gasteiger partial charge in [0.15, 0.2) is 0 Å². The number of aryl methyl sites for hydroxylation is 2. The maximum absolute atomic E-state index is 12.9. The molecular formula is C14H18BrN3O2S. The summed E-state index contributed by atoms with van der Waals surface area (Å²) in [6.45, 7) is 4.17. The Balaban J connectivity index is 2.37. The molecule has 21 heavy (non-hydrogen) atoms. The molecule has 0 saturated carbocycles. The second-order valence-corrected chi connectivity index (χ2v) is 7.44. The zero-order valence-corrected chi connectivity index (χ0v) is 14.4. The highest BCUT2D eigenvalue weighted by Crippen LogP contribution is 2.23. The monoisotopic (exact) mass is 371 g/mol. The maximum Gasteiger partial charge on any atom is 0.247 e. The summed E-state index contributed by atoms with van der Waals surface area (Å²) in [5.74, 6) is 0. The SMILES string of the molecule is Cc1n[nH]c(C)c1S(=O)(=O)N(CCBr)Cc1ccccc1. The molecule has 1 heterocycles. The summed E-state index contributed by atoms with van der Waals surface area (Å²) in [6.07, 6.45) is 0. The Labute approximate surface area is 133 Å². The van der Waals surface area contributed by atoms with Crippen molar-refractivity contribution >= 4 is 26.0 Å². The van der Waals surface area contributed by atoms with E-state index in [1.54, 1.807) is 13.8 Å². The van der Waals surface area contributed by atoms with E-state index in [0.717, 1.165) is 5.56 Å².